The number of likely N-dealkylation sites (tertiary alicyclic amines) is 1. The maximum atomic E-state index is 11.9. The van der Waals surface area contributed by atoms with Crippen molar-refractivity contribution in [3.8, 4) is 0 Å². The van der Waals surface area contributed by atoms with Gasteiger partial charge in [-0.3, -0.25) is 4.79 Å². The molecular weight excluding hydrogens is 238 g/mol. The smallest absolute Gasteiger partial charge is 0.223 e. The molecule has 3 N–H and O–H groups in total. The number of piperidine rings is 2. The molecule has 0 bridgehead atoms. The van der Waals surface area contributed by atoms with E-state index in [0.717, 1.165) is 57.4 Å². The Morgan fingerprint density at radius 2 is 1.79 bits per heavy atom. The van der Waals surface area contributed by atoms with Crippen molar-refractivity contribution in [3.05, 3.63) is 0 Å². The van der Waals surface area contributed by atoms with Crippen LogP contribution in [-0.4, -0.2) is 43.0 Å². The molecule has 0 unspecified atom stereocenters. The average Bonchev–Trinajstić information content (AvgIpc) is 3.24. The number of carbonyl (C=O) groups is 1. The Kier molecular flexibility index (Phi) is 3.81. The van der Waals surface area contributed by atoms with Crippen LogP contribution in [0.1, 0.15) is 44.9 Å². The monoisotopic (exact) mass is 265 g/mol. The van der Waals surface area contributed by atoms with E-state index >= 15 is 0 Å². The maximum Gasteiger partial charge on any atom is 0.223 e. The highest BCUT2D eigenvalue weighted by Crippen LogP contribution is 2.45. The number of carbonyl (C=O) groups excluding carboxylic acids is 1. The molecule has 2 aliphatic heterocycles. The third-order valence-corrected chi connectivity index (χ3v) is 5.48. The fourth-order valence-electron chi connectivity index (χ4n) is 3.91. The summed E-state index contributed by atoms with van der Waals surface area (Å²) in [4.78, 5) is 14.5. The highest BCUT2D eigenvalue weighted by molar-refractivity contribution is 5.81. The molecular formula is C15H27N3O. The second kappa shape index (κ2) is 5.41. The van der Waals surface area contributed by atoms with Crippen LogP contribution in [0.4, 0.5) is 0 Å². The van der Waals surface area contributed by atoms with Gasteiger partial charge in [0.1, 0.15) is 0 Å². The molecule has 3 fully saturated rings. The number of primary amides is 1. The highest BCUT2D eigenvalue weighted by atomic mass is 16.1. The topological polar surface area (TPSA) is 58.4 Å². The molecule has 4 heteroatoms. The Morgan fingerprint density at radius 3 is 2.32 bits per heavy atom. The van der Waals surface area contributed by atoms with E-state index in [2.05, 4.69) is 10.2 Å². The molecule has 0 aromatic carbocycles. The molecule has 1 aliphatic carbocycles. The first-order valence-corrected chi connectivity index (χ1v) is 7.94. The fourth-order valence-corrected chi connectivity index (χ4v) is 3.91. The van der Waals surface area contributed by atoms with Crippen LogP contribution < -0.4 is 11.1 Å². The summed E-state index contributed by atoms with van der Waals surface area (Å²) in [5, 5.41) is 3.42. The van der Waals surface area contributed by atoms with Gasteiger partial charge in [-0.1, -0.05) is 12.8 Å². The van der Waals surface area contributed by atoms with Gasteiger partial charge >= 0.3 is 0 Å². The quantitative estimate of drug-likeness (QED) is 0.800. The first kappa shape index (κ1) is 13.4. The molecule has 0 atom stereocenters. The highest BCUT2D eigenvalue weighted by Gasteiger charge is 2.44. The second-order valence-electron chi connectivity index (χ2n) is 6.81. The number of nitrogens with zero attached hydrogens (tertiary/aromatic N) is 1. The summed E-state index contributed by atoms with van der Waals surface area (Å²) in [5.74, 6) is 0.752. The summed E-state index contributed by atoms with van der Waals surface area (Å²) < 4.78 is 0. The lowest BCUT2D eigenvalue weighted by atomic mass is 9.73. The van der Waals surface area contributed by atoms with Crippen molar-refractivity contribution in [1.29, 1.82) is 0 Å². The third kappa shape index (κ3) is 2.95. The van der Waals surface area contributed by atoms with Crippen molar-refractivity contribution in [3.63, 3.8) is 0 Å². The van der Waals surface area contributed by atoms with Crippen LogP contribution >= 0.6 is 0 Å². The number of rotatable bonds is 4. The van der Waals surface area contributed by atoms with E-state index in [1.165, 1.54) is 25.7 Å². The van der Waals surface area contributed by atoms with E-state index in [0.29, 0.717) is 0 Å². The van der Waals surface area contributed by atoms with E-state index in [4.69, 9.17) is 5.73 Å². The third-order valence-electron chi connectivity index (χ3n) is 5.48. The minimum Gasteiger partial charge on any atom is -0.369 e. The molecule has 4 nitrogen and oxygen atoms in total. The Hall–Kier alpha value is -0.610. The number of nitrogens with one attached hydrogen (secondary N) is 1. The zero-order valence-electron chi connectivity index (χ0n) is 11.9. The summed E-state index contributed by atoms with van der Waals surface area (Å²) in [5.41, 5.74) is 5.56. The Labute approximate surface area is 116 Å². The molecule has 1 amide bonds. The summed E-state index contributed by atoms with van der Waals surface area (Å²) in [6.45, 7) is 4.43. The summed E-state index contributed by atoms with van der Waals surface area (Å²) in [6, 6.07) is 0.730. The summed E-state index contributed by atoms with van der Waals surface area (Å²) in [6.07, 6.45) is 8.17. The lowest BCUT2D eigenvalue weighted by Crippen LogP contribution is -2.52. The molecule has 1 saturated carbocycles. The predicted molar refractivity (Wildman–Crippen MR) is 75.7 cm³/mol. The lowest BCUT2D eigenvalue weighted by Gasteiger charge is -2.44. The molecule has 2 heterocycles. The van der Waals surface area contributed by atoms with E-state index < -0.39 is 0 Å². The lowest BCUT2D eigenvalue weighted by molar-refractivity contribution is -0.131. The molecule has 3 rings (SSSR count). The molecule has 0 aromatic rings. The summed E-state index contributed by atoms with van der Waals surface area (Å²) >= 11 is 0. The molecule has 0 spiro atoms. The van der Waals surface area contributed by atoms with Gasteiger partial charge in [0.05, 0.1) is 5.41 Å². The predicted octanol–water partition coefficient (Wildman–Crippen LogP) is 1.11. The van der Waals surface area contributed by atoms with Crippen molar-refractivity contribution < 1.29 is 4.79 Å². The van der Waals surface area contributed by atoms with Crippen molar-refractivity contribution >= 4 is 5.91 Å². The van der Waals surface area contributed by atoms with E-state index in [-0.39, 0.29) is 11.3 Å². The average molecular weight is 265 g/mol. The normalized spacial score (nSPS) is 29.3. The van der Waals surface area contributed by atoms with Gasteiger partial charge in [-0.05, 0) is 64.2 Å². The minimum absolute atomic E-state index is 0.0376. The molecule has 108 valence electrons. The van der Waals surface area contributed by atoms with Crippen LogP contribution in [0.15, 0.2) is 0 Å². The molecule has 0 radical (unpaired) electrons. The first-order valence-electron chi connectivity index (χ1n) is 7.94. The number of nitrogens with two attached hydrogens (primary N) is 1. The zero-order chi connectivity index (χ0) is 13.3. The minimum atomic E-state index is -0.176. The van der Waals surface area contributed by atoms with E-state index in [1.54, 1.807) is 0 Å². The molecule has 2 saturated heterocycles. The van der Waals surface area contributed by atoms with E-state index in [9.17, 15) is 4.79 Å². The van der Waals surface area contributed by atoms with Gasteiger partial charge in [0.2, 0.25) is 5.91 Å². The largest absolute Gasteiger partial charge is 0.369 e. The number of amides is 1. The van der Waals surface area contributed by atoms with Crippen LogP contribution in [0.25, 0.3) is 0 Å². The standard InChI is InChI=1S/C15H27N3O/c16-14(19)15(11-12-1-2-12)5-9-18(10-6-15)13-3-7-17-8-4-13/h12-13,17H,1-11H2,(H2,16,19). The van der Waals surface area contributed by atoms with Gasteiger partial charge in [0.25, 0.3) is 0 Å². The van der Waals surface area contributed by atoms with Crippen molar-refractivity contribution in [2.24, 2.45) is 17.1 Å². The Bertz CT molecular complexity index is 326. The van der Waals surface area contributed by atoms with Crippen LogP contribution in [0.5, 0.6) is 0 Å². The van der Waals surface area contributed by atoms with Gasteiger partial charge in [-0.25, -0.2) is 0 Å². The Morgan fingerprint density at radius 1 is 1.16 bits per heavy atom. The Balaban J connectivity index is 1.58. The van der Waals surface area contributed by atoms with Crippen LogP contribution in [0, 0.1) is 11.3 Å². The van der Waals surface area contributed by atoms with Gasteiger partial charge in [0, 0.05) is 6.04 Å². The van der Waals surface area contributed by atoms with Gasteiger partial charge in [-0.15, -0.1) is 0 Å². The van der Waals surface area contributed by atoms with Gasteiger partial charge < -0.3 is 16.0 Å². The van der Waals surface area contributed by atoms with Crippen molar-refractivity contribution in [2.45, 2.75) is 51.0 Å². The zero-order valence-corrected chi connectivity index (χ0v) is 11.9. The summed E-state index contributed by atoms with van der Waals surface area (Å²) in [7, 11) is 0. The molecule has 19 heavy (non-hydrogen) atoms. The fraction of sp³-hybridized carbons (Fsp3) is 0.933. The van der Waals surface area contributed by atoms with Gasteiger partial charge in [-0.2, -0.15) is 0 Å². The SMILES string of the molecule is NC(=O)C1(CC2CC2)CCN(C2CCNCC2)CC1. The first-order chi connectivity index (χ1) is 9.20. The van der Waals surface area contributed by atoms with Gasteiger partial charge in [0.15, 0.2) is 0 Å². The number of hydrogen-bond acceptors (Lipinski definition) is 3. The van der Waals surface area contributed by atoms with Crippen molar-refractivity contribution in [2.75, 3.05) is 26.2 Å². The maximum absolute atomic E-state index is 11.9. The number of hydrogen-bond donors (Lipinski definition) is 2. The molecule has 0 aromatic heterocycles. The van der Waals surface area contributed by atoms with E-state index in [1.807, 2.05) is 0 Å². The van der Waals surface area contributed by atoms with Crippen LogP contribution in [0.3, 0.4) is 0 Å². The van der Waals surface area contributed by atoms with Crippen LogP contribution in [-0.2, 0) is 4.79 Å². The second-order valence-corrected chi connectivity index (χ2v) is 6.81. The van der Waals surface area contributed by atoms with Crippen LogP contribution in [0.2, 0.25) is 0 Å². The van der Waals surface area contributed by atoms with Crippen molar-refractivity contribution in [1.82, 2.24) is 10.2 Å². The molecule has 3 aliphatic rings.